The highest BCUT2D eigenvalue weighted by Gasteiger charge is 2.40. The van der Waals surface area contributed by atoms with Crippen LogP contribution < -0.4 is 10.1 Å². The molecule has 0 spiro atoms. The number of anilines is 1. The number of para-hydroxylation sites is 1. The van der Waals surface area contributed by atoms with Crippen molar-refractivity contribution in [3.05, 3.63) is 88.5 Å². The molecule has 3 atom stereocenters. The van der Waals surface area contributed by atoms with Crippen LogP contribution in [0.3, 0.4) is 0 Å². The van der Waals surface area contributed by atoms with Gasteiger partial charge in [-0.3, -0.25) is 10.1 Å². The number of nitro groups is 1. The first-order valence-corrected chi connectivity index (χ1v) is 8.73. The summed E-state index contributed by atoms with van der Waals surface area (Å²) in [6.45, 7) is 4.15. The monoisotopic (exact) mass is 348 g/mol. The average molecular weight is 348 g/mol. The summed E-state index contributed by atoms with van der Waals surface area (Å²) in [5.74, 6) is 1.29. The highest BCUT2D eigenvalue weighted by Crippen LogP contribution is 2.51. The molecule has 4 rings (SSSR count). The number of nitrogens with zero attached hydrogens (tertiary/aromatic N) is 1. The Hall–Kier alpha value is -3.08. The SMILES string of the molecule is C=CCOc1ccc2c(c1)C1C=CCC1C(c1ccccc1[N+](=O)[O-])N2. The first-order valence-electron chi connectivity index (χ1n) is 8.73. The van der Waals surface area contributed by atoms with Gasteiger partial charge in [0.2, 0.25) is 0 Å². The molecule has 26 heavy (non-hydrogen) atoms. The van der Waals surface area contributed by atoms with E-state index in [1.54, 1.807) is 18.2 Å². The Balaban J connectivity index is 1.74. The summed E-state index contributed by atoms with van der Waals surface area (Å²) < 4.78 is 5.67. The van der Waals surface area contributed by atoms with Gasteiger partial charge >= 0.3 is 0 Å². The quantitative estimate of drug-likeness (QED) is 0.470. The minimum Gasteiger partial charge on any atom is -0.490 e. The van der Waals surface area contributed by atoms with Gasteiger partial charge in [-0.1, -0.05) is 43.0 Å². The largest absolute Gasteiger partial charge is 0.490 e. The molecule has 3 unspecified atom stereocenters. The summed E-state index contributed by atoms with van der Waals surface area (Å²) in [6.07, 6.45) is 7.00. The molecule has 0 aromatic heterocycles. The molecule has 0 amide bonds. The molecule has 0 fully saturated rings. The Kier molecular flexibility index (Phi) is 4.21. The first kappa shape index (κ1) is 16.4. The minimum absolute atomic E-state index is 0.0935. The third-order valence-corrected chi connectivity index (χ3v) is 5.17. The number of allylic oxidation sites excluding steroid dienone is 2. The Morgan fingerprint density at radius 2 is 2.12 bits per heavy atom. The minimum atomic E-state index is -0.295. The van der Waals surface area contributed by atoms with Crippen molar-refractivity contribution in [3.63, 3.8) is 0 Å². The molecule has 1 heterocycles. The van der Waals surface area contributed by atoms with Crippen LogP contribution in [0.15, 0.2) is 67.3 Å². The van der Waals surface area contributed by atoms with Crippen molar-refractivity contribution in [1.29, 1.82) is 0 Å². The maximum Gasteiger partial charge on any atom is 0.274 e. The van der Waals surface area contributed by atoms with Crippen LogP contribution in [-0.2, 0) is 0 Å². The number of nitro benzene ring substituents is 1. The number of benzene rings is 2. The van der Waals surface area contributed by atoms with E-state index in [4.69, 9.17) is 4.74 Å². The molecule has 5 nitrogen and oxygen atoms in total. The fourth-order valence-corrected chi connectivity index (χ4v) is 4.04. The van der Waals surface area contributed by atoms with Crippen molar-refractivity contribution in [2.24, 2.45) is 5.92 Å². The summed E-state index contributed by atoms with van der Waals surface area (Å²) in [6, 6.07) is 12.9. The molecule has 2 aromatic rings. The Labute approximate surface area is 152 Å². The lowest BCUT2D eigenvalue weighted by atomic mass is 9.76. The van der Waals surface area contributed by atoms with Crippen molar-refractivity contribution >= 4 is 11.4 Å². The Morgan fingerprint density at radius 1 is 1.27 bits per heavy atom. The lowest BCUT2D eigenvalue weighted by Gasteiger charge is -2.37. The van der Waals surface area contributed by atoms with E-state index in [1.807, 2.05) is 24.3 Å². The zero-order valence-electron chi connectivity index (χ0n) is 14.3. The summed E-state index contributed by atoms with van der Waals surface area (Å²) in [5.41, 5.74) is 3.10. The molecule has 132 valence electrons. The van der Waals surface area contributed by atoms with Crippen molar-refractivity contribution in [3.8, 4) is 5.75 Å². The van der Waals surface area contributed by atoms with Crippen LogP contribution in [0, 0.1) is 16.0 Å². The van der Waals surface area contributed by atoms with Gasteiger partial charge in [0.1, 0.15) is 12.4 Å². The van der Waals surface area contributed by atoms with E-state index in [0.29, 0.717) is 6.61 Å². The molecule has 2 aromatic carbocycles. The van der Waals surface area contributed by atoms with Crippen LogP contribution in [0.1, 0.15) is 29.5 Å². The van der Waals surface area contributed by atoms with E-state index < -0.39 is 0 Å². The number of nitrogens with one attached hydrogen (secondary N) is 1. The molecular weight excluding hydrogens is 328 g/mol. The van der Waals surface area contributed by atoms with Gasteiger partial charge in [0.25, 0.3) is 5.69 Å². The average Bonchev–Trinajstić information content (AvgIpc) is 3.15. The van der Waals surface area contributed by atoms with Crippen LogP contribution in [0.25, 0.3) is 0 Å². The van der Waals surface area contributed by atoms with Gasteiger partial charge in [-0.2, -0.15) is 0 Å². The maximum absolute atomic E-state index is 11.5. The molecule has 1 N–H and O–H groups in total. The Bertz CT molecular complexity index is 891. The van der Waals surface area contributed by atoms with Crippen molar-refractivity contribution in [1.82, 2.24) is 0 Å². The van der Waals surface area contributed by atoms with Crippen LogP contribution in [0.2, 0.25) is 0 Å². The molecule has 1 aliphatic carbocycles. The van der Waals surface area contributed by atoms with E-state index in [-0.39, 0.29) is 28.5 Å². The fraction of sp³-hybridized carbons (Fsp3) is 0.238. The molecule has 0 radical (unpaired) electrons. The summed E-state index contributed by atoms with van der Waals surface area (Å²) in [7, 11) is 0. The van der Waals surface area contributed by atoms with Gasteiger partial charge in [0, 0.05) is 17.7 Å². The van der Waals surface area contributed by atoms with Gasteiger partial charge in [0.15, 0.2) is 0 Å². The van der Waals surface area contributed by atoms with E-state index in [9.17, 15) is 10.1 Å². The topological polar surface area (TPSA) is 64.4 Å². The highest BCUT2D eigenvalue weighted by molar-refractivity contribution is 5.63. The molecule has 0 bridgehead atoms. The van der Waals surface area contributed by atoms with Crippen LogP contribution >= 0.6 is 0 Å². The van der Waals surface area contributed by atoms with Gasteiger partial charge in [0.05, 0.1) is 16.5 Å². The van der Waals surface area contributed by atoms with Gasteiger partial charge in [-0.05, 0) is 36.1 Å². The standard InChI is InChI=1S/C21H20N2O3/c1-2-12-26-14-10-11-19-18(13-14)15-7-5-8-16(15)21(22-19)17-6-3-4-9-20(17)23(24)25/h2-7,9-11,13,15-16,21-22H,1,8,12H2. The first-order chi connectivity index (χ1) is 12.7. The second-order valence-corrected chi connectivity index (χ2v) is 6.64. The molecule has 1 aliphatic heterocycles. The second-order valence-electron chi connectivity index (χ2n) is 6.64. The number of ether oxygens (including phenoxy) is 1. The van der Waals surface area contributed by atoms with E-state index in [0.717, 1.165) is 23.4 Å². The molecule has 0 saturated heterocycles. The predicted octanol–water partition coefficient (Wildman–Crippen LogP) is 4.99. The van der Waals surface area contributed by atoms with Crippen LogP contribution in [0.4, 0.5) is 11.4 Å². The summed E-state index contributed by atoms with van der Waals surface area (Å²) in [4.78, 5) is 11.2. The normalized spacial score (nSPS) is 22.8. The number of hydrogen-bond donors (Lipinski definition) is 1. The smallest absolute Gasteiger partial charge is 0.274 e. The molecular formula is C21H20N2O3. The number of rotatable bonds is 5. The van der Waals surface area contributed by atoms with Crippen molar-refractivity contribution in [2.75, 3.05) is 11.9 Å². The lowest BCUT2D eigenvalue weighted by Crippen LogP contribution is -2.29. The number of fused-ring (bicyclic) bond motifs is 3. The zero-order valence-corrected chi connectivity index (χ0v) is 14.3. The predicted molar refractivity (Wildman–Crippen MR) is 102 cm³/mol. The van der Waals surface area contributed by atoms with Crippen molar-refractivity contribution < 1.29 is 9.66 Å². The fourth-order valence-electron chi connectivity index (χ4n) is 4.04. The third kappa shape index (κ3) is 2.75. The van der Waals surface area contributed by atoms with E-state index in [1.165, 1.54) is 5.56 Å². The second kappa shape index (κ2) is 6.67. The van der Waals surface area contributed by atoms with Crippen LogP contribution in [-0.4, -0.2) is 11.5 Å². The summed E-state index contributed by atoms with van der Waals surface area (Å²) >= 11 is 0. The Morgan fingerprint density at radius 3 is 2.92 bits per heavy atom. The molecule has 2 aliphatic rings. The number of hydrogen-bond acceptors (Lipinski definition) is 4. The lowest BCUT2D eigenvalue weighted by molar-refractivity contribution is -0.385. The van der Waals surface area contributed by atoms with Gasteiger partial charge < -0.3 is 10.1 Å². The van der Waals surface area contributed by atoms with Gasteiger partial charge in [-0.15, -0.1) is 0 Å². The zero-order chi connectivity index (χ0) is 18.1. The highest BCUT2D eigenvalue weighted by atomic mass is 16.6. The third-order valence-electron chi connectivity index (χ3n) is 5.17. The van der Waals surface area contributed by atoms with Gasteiger partial charge in [-0.25, -0.2) is 0 Å². The maximum atomic E-state index is 11.5. The van der Waals surface area contributed by atoms with E-state index in [2.05, 4.69) is 30.1 Å². The van der Waals surface area contributed by atoms with Crippen LogP contribution in [0.5, 0.6) is 5.75 Å². The van der Waals surface area contributed by atoms with Crippen molar-refractivity contribution in [2.45, 2.75) is 18.4 Å². The molecule has 0 saturated carbocycles. The van der Waals surface area contributed by atoms with E-state index >= 15 is 0 Å². The molecule has 5 heteroatoms. The summed E-state index contributed by atoms with van der Waals surface area (Å²) in [5, 5.41) is 15.0.